The van der Waals surface area contributed by atoms with E-state index in [4.69, 9.17) is 9.47 Å². The van der Waals surface area contributed by atoms with Gasteiger partial charge < -0.3 is 14.8 Å². The van der Waals surface area contributed by atoms with Crippen molar-refractivity contribution in [3.8, 4) is 17.2 Å². The van der Waals surface area contributed by atoms with E-state index >= 15 is 0 Å². The molecule has 0 aliphatic carbocycles. The summed E-state index contributed by atoms with van der Waals surface area (Å²) in [5, 5.41) is 2.89. The Labute approximate surface area is 148 Å². The molecule has 2 aliphatic rings. The fraction of sp³-hybridized carbons (Fsp3) is 0.158. The van der Waals surface area contributed by atoms with E-state index in [0.717, 1.165) is 16.9 Å². The molecule has 7 heteroatoms. The van der Waals surface area contributed by atoms with Gasteiger partial charge in [0.15, 0.2) is 11.5 Å². The van der Waals surface area contributed by atoms with Crippen LogP contribution in [0, 0.1) is 5.82 Å². The maximum atomic E-state index is 13.2. The van der Waals surface area contributed by atoms with Gasteiger partial charge in [-0.1, -0.05) is 6.07 Å². The lowest BCUT2D eigenvalue weighted by Crippen LogP contribution is -2.24. The van der Waals surface area contributed by atoms with Crippen molar-refractivity contribution in [2.45, 2.75) is 12.3 Å². The van der Waals surface area contributed by atoms with E-state index in [9.17, 15) is 9.18 Å². The van der Waals surface area contributed by atoms with Gasteiger partial charge in [0.05, 0.1) is 5.69 Å². The van der Waals surface area contributed by atoms with Gasteiger partial charge in [-0.15, -0.1) is 0 Å². The summed E-state index contributed by atoms with van der Waals surface area (Å²) < 4.78 is 25.8. The third kappa shape index (κ3) is 2.32. The molecule has 0 saturated carbocycles. The van der Waals surface area contributed by atoms with Crippen LogP contribution in [0.1, 0.15) is 23.6 Å². The summed E-state index contributed by atoms with van der Waals surface area (Å²) in [4.78, 5) is 16.8. The van der Waals surface area contributed by atoms with E-state index in [1.165, 1.54) is 12.1 Å². The van der Waals surface area contributed by atoms with E-state index in [0.29, 0.717) is 23.7 Å². The Morgan fingerprint density at radius 3 is 2.77 bits per heavy atom. The minimum atomic E-state index is -0.315. The van der Waals surface area contributed by atoms with Gasteiger partial charge in [-0.3, -0.25) is 9.36 Å². The Kier molecular flexibility index (Phi) is 3.21. The first-order chi connectivity index (χ1) is 12.7. The number of rotatable bonds is 2. The van der Waals surface area contributed by atoms with Gasteiger partial charge in [0.2, 0.25) is 12.7 Å². The highest BCUT2D eigenvalue weighted by molar-refractivity contribution is 5.94. The second-order valence-corrected chi connectivity index (χ2v) is 6.24. The maximum absolute atomic E-state index is 13.2. The predicted octanol–water partition coefficient (Wildman–Crippen LogP) is 3.21. The SMILES string of the molecule is O=C1C[C@H](c2ccc3c(c2)OCO3)c2ncn(-c3ccc(F)cc3)c2N1. The van der Waals surface area contributed by atoms with Gasteiger partial charge in [0.25, 0.3) is 0 Å². The Balaban J connectivity index is 1.59. The van der Waals surface area contributed by atoms with Crippen molar-refractivity contribution >= 4 is 11.7 Å². The zero-order valence-electron chi connectivity index (χ0n) is 13.6. The van der Waals surface area contributed by atoms with E-state index in [2.05, 4.69) is 10.3 Å². The van der Waals surface area contributed by atoms with Gasteiger partial charge in [0, 0.05) is 18.0 Å². The van der Waals surface area contributed by atoms with Crippen molar-refractivity contribution in [2.75, 3.05) is 12.1 Å². The number of carbonyl (C=O) groups excluding carboxylic acids is 1. The minimum Gasteiger partial charge on any atom is -0.454 e. The van der Waals surface area contributed by atoms with Crippen molar-refractivity contribution < 1.29 is 18.7 Å². The Morgan fingerprint density at radius 1 is 1.12 bits per heavy atom. The van der Waals surface area contributed by atoms with Crippen molar-refractivity contribution in [1.29, 1.82) is 0 Å². The number of hydrogen-bond donors (Lipinski definition) is 1. The molecule has 1 aromatic heterocycles. The fourth-order valence-electron chi connectivity index (χ4n) is 3.41. The molecule has 3 aromatic rings. The summed E-state index contributed by atoms with van der Waals surface area (Å²) in [6, 6.07) is 11.7. The molecule has 3 heterocycles. The standard InChI is InChI=1S/C19H14FN3O3/c20-12-2-4-13(5-3-12)23-9-21-18-14(8-17(24)22-19(18)23)11-1-6-15-16(7-11)26-10-25-15/h1-7,9,14H,8,10H2,(H,22,24)/t14-/m1/s1. The van der Waals surface area contributed by atoms with Crippen LogP contribution in [0.25, 0.3) is 5.69 Å². The van der Waals surface area contributed by atoms with Crippen LogP contribution in [0.15, 0.2) is 48.8 Å². The highest BCUT2D eigenvalue weighted by Gasteiger charge is 2.32. The third-order valence-electron chi connectivity index (χ3n) is 4.68. The number of ether oxygens (including phenoxy) is 2. The van der Waals surface area contributed by atoms with E-state index < -0.39 is 0 Å². The summed E-state index contributed by atoms with van der Waals surface area (Å²) >= 11 is 0. The van der Waals surface area contributed by atoms with Crippen LogP contribution in [0.3, 0.4) is 0 Å². The van der Waals surface area contributed by atoms with Crippen molar-refractivity contribution in [2.24, 2.45) is 0 Å². The third-order valence-corrected chi connectivity index (χ3v) is 4.68. The molecule has 0 radical (unpaired) electrons. The molecule has 2 aromatic carbocycles. The molecule has 1 amide bonds. The lowest BCUT2D eigenvalue weighted by atomic mass is 9.89. The molecule has 1 atom stereocenters. The molecule has 0 saturated heterocycles. The predicted molar refractivity (Wildman–Crippen MR) is 91.2 cm³/mol. The molecule has 0 fully saturated rings. The average molecular weight is 351 g/mol. The van der Waals surface area contributed by atoms with Crippen molar-refractivity contribution in [3.05, 3.63) is 65.9 Å². The van der Waals surface area contributed by atoms with Crippen LogP contribution in [-0.2, 0) is 4.79 Å². The van der Waals surface area contributed by atoms with Crippen LogP contribution >= 0.6 is 0 Å². The molecule has 6 nitrogen and oxygen atoms in total. The van der Waals surface area contributed by atoms with Crippen LogP contribution < -0.4 is 14.8 Å². The van der Waals surface area contributed by atoms with E-state index in [-0.39, 0.29) is 24.4 Å². The first kappa shape index (κ1) is 14.9. The number of benzene rings is 2. The number of halogens is 1. The smallest absolute Gasteiger partial charge is 0.231 e. The number of imidazole rings is 1. The van der Waals surface area contributed by atoms with Crippen molar-refractivity contribution in [1.82, 2.24) is 9.55 Å². The summed E-state index contributed by atoms with van der Waals surface area (Å²) in [5.41, 5.74) is 2.44. The molecule has 130 valence electrons. The van der Waals surface area contributed by atoms with E-state index in [1.54, 1.807) is 23.0 Å². The zero-order chi connectivity index (χ0) is 17.7. The van der Waals surface area contributed by atoms with Crippen LogP contribution in [0.2, 0.25) is 0 Å². The lowest BCUT2D eigenvalue weighted by molar-refractivity contribution is -0.116. The molecule has 0 spiro atoms. The largest absolute Gasteiger partial charge is 0.454 e. The van der Waals surface area contributed by atoms with Gasteiger partial charge in [-0.25, -0.2) is 9.37 Å². The summed E-state index contributed by atoms with van der Waals surface area (Å²) in [6.07, 6.45) is 1.94. The van der Waals surface area contributed by atoms with Crippen molar-refractivity contribution in [3.63, 3.8) is 0 Å². The van der Waals surface area contributed by atoms with Crippen LogP contribution in [0.4, 0.5) is 10.2 Å². The molecule has 5 rings (SSSR count). The Morgan fingerprint density at radius 2 is 1.92 bits per heavy atom. The number of nitrogens with one attached hydrogen (secondary N) is 1. The van der Waals surface area contributed by atoms with Crippen LogP contribution in [0.5, 0.6) is 11.5 Å². The summed E-state index contributed by atoms with van der Waals surface area (Å²) in [6.45, 7) is 0.203. The number of aromatic nitrogens is 2. The molecular formula is C19H14FN3O3. The highest BCUT2D eigenvalue weighted by atomic mass is 19.1. The number of hydrogen-bond acceptors (Lipinski definition) is 4. The minimum absolute atomic E-state index is 0.0935. The number of anilines is 1. The van der Waals surface area contributed by atoms with Gasteiger partial charge in [-0.05, 0) is 42.0 Å². The highest BCUT2D eigenvalue weighted by Crippen LogP contribution is 2.41. The molecule has 2 aliphatic heterocycles. The summed E-state index contributed by atoms with van der Waals surface area (Å²) in [5.74, 6) is 1.39. The molecule has 0 bridgehead atoms. The topological polar surface area (TPSA) is 65.4 Å². The molecule has 1 N–H and O–H groups in total. The lowest BCUT2D eigenvalue weighted by Gasteiger charge is -2.23. The first-order valence-electron chi connectivity index (χ1n) is 8.21. The molecular weight excluding hydrogens is 337 g/mol. The fourth-order valence-corrected chi connectivity index (χ4v) is 3.41. The number of nitrogens with zero attached hydrogens (tertiary/aromatic N) is 2. The monoisotopic (exact) mass is 351 g/mol. The molecule has 26 heavy (non-hydrogen) atoms. The number of fused-ring (bicyclic) bond motifs is 2. The average Bonchev–Trinajstić information content (AvgIpc) is 3.27. The van der Waals surface area contributed by atoms with Gasteiger partial charge in [0.1, 0.15) is 18.0 Å². The Hall–Kier alpha value is -3.35. The normalized spacial score (nSPS) is 17.7. The van der Waals surface area contributed by atoms with Gasteiger partial charge in [-0.2, -0.15) is 0 Å². The Bertz CT molecular complexity index is 1010. The molecule has 0 unspecified atom stereocenters. The van der Waals surface area contributed by atoms with Crippen LogP contribution in [-0.4, -0.2) is 22.3 Å². The number of amides is 1. The summed E-state index contributed by atoms with van der Waals surface area (Å²) in [7, 11) is 0. The number of carbonyl (C=O) groups is 1. The second kappa shape index (κ2) is 5.59. The zero-order valence-corrected chi connectivity index (χ0v) is 13.6. The van der Waals surface area contributed by atoms with E-state index in [1.807, 2.05) is 18.2 Å². The quantitative estimate of drug-likeness (QED) is 0.770. The second-order valence-electron chi connectivity index (χ2n) is 6.24. The van der Waals surface area contributed by atoms with Gasteiger partial charge >= 0.3 is 0 Å². The first-order valence-corrected chi connectivity index (χ1v) is 8.21. The maximum Gasteiger partial charge on any atom is 0.231 e.